The molecule has 0 spiro atoms. The molecule has 1 amide bonds. The SMILES string of the molecule is O=C(O)CCCC(=O)CCN(C(=O)C(Cl)Cl)c1ccnc(-c2cc(-c3c(Cl)cccc3Cl)no2)c1. The first-order valence-electron chi connectivity index (χ1n) is 10.4. The van der Waals surface area contributed by atoms with E-state index < -0.39 is 16.7 Å². The molecule has 0 bridgehead atoms. The Bertz CT molecular complexity index is 1210. The monoisotopic (exact) mass is 557 g/mol. The van der Waals surface area contributed by atoms with Crippen LogP contribution in [0.25, 0.3) is 22.7 Å². The minimum absolute atomic E-state index is 0.000966. The van der Waals surface area contributed by atoms with E-state index in [0.29, 0.717) is 38.4 Å². The van der Waals surface area contributed by atoms with Crippen molar-refractivity contribution < 1.29 is 24.0 Å². The number of halogens is 4. The molecular weight excluding hydrogens is 540 g/mol. The fraction of sp³-hybridized carbons (Fsp3) is 0.261. The molecule has 0 unspecified atom stereocenters. The van der Waals surface area contributed by atoms with Crippen LogP contribution in [0.15, 0.2) is 47.1 Å². The summed E-state index contributed by atoms with van der Waals surface area (Å²) in [5, 5.41) is 13.5. The largest absolute Gasteiger partial charge is 0.481 e. The first kappa shape index (κ1) is 26.9. The van der Waals surface area contributed by atoms with Gasteiger partial charge >= 0.3 is 5.97 Å². The molecule has 0 atom stereocenters. The Hall–Kier alpha value is -2.65. The molecule has 0 aliphatic rings. The van der Waals surface area contributed by atoms with Gasteiger partial charge in [0.15, 0.2) is 10.6 Å². The number of carbonyl (C=O) groups is 3. The summed E-state index contributed by atoms with van der Waals surface area (Å²) in [6, 6.07) is 9.82. The molecule has 1 aromatic carbocycles. The van der Waals surface area contributed by atoms with Crippen LogP contribution in [0.3, 0.4) is 0 Å². The Kier molecular flexibility index (Phi) is 9.51. The van der Waals surface area contributed by atoms with E-state index in [2.05, 4.69) is 10.1 Å². The maximum atomic E-state index is 12.7. The second-order valence-corrected chi connectivity index (χ2v) is 9.31. The molecule has 2 aromatic heterocycles. The lowest BCUT2D eigenvalue weighted by Crippen LogP contribution is -2.36. The van der Waals surface area contributed by atoms with Crippen LogP contribution in [-0.4, -0.2) is 44.3 Å². The van der Waals surface area contributed by atoms with E-state index >= 15 is 0 Å². The summed E-state index contributed by atoms with van der Waals surface area (Å²) in [6.45, 7) is 0.00101. The molecule has 0 aliphatic carbocycles. The van der Waals surface area contributed by atoms with E-state index in [1.54, 1.807) is 36.4 Å². The van der Waals surface area contributed by atoms with Crippen molar-refractivity contribution in [2.45, 2.75) is 30.5 Å². The predicted octanol–water partition coefficient (Wildman–Crippen LogP) is 6.06. The van der Waals surface area contributed by atoms with E-state index in [0.717, 1.165) is 0 Å². The number of benzene rings is 1. The normalized spacial score (nSPS) is 11.0. The van der Waals surface area contributed by atoms with Gasteiger partial charge in [-0.05, 0) is 30.7 Å². The molecule has 3 aromatic rings. The third-order valence-electron chi connectivity index (χ3n) is 4.95. The van der Waals surface area contributed by atoms with Crippen LogP contribution < -0.4 is 4.90 Å². The number of carbonyl (C=O) groups excluding carboxylic acids is 2. The van der Waals surface area contributed by atoms with Crippen molar-refractivity contribution in [2.24, 2.45) is 0 Å². The molecule has 0 fully saturated rings. The van der Waals surface area contributed by atoms with Gasteiger partial charge in [0, 0.05) is 49.3 Å². The molecule has 8 nitrogen and oxygen atoms in total. The Morgan fingerprint density at radius 3 is 2.37 bits per heavy atom. The predicted molar refractivity (Wildman–Crippen MR) is 134 cm³/mol. The van der Waals surface area contributed by atoms with Gasteiger partial charge in [0.05, 0.1) is 10.0 Å². The maximum Gasteiger partial charge on any atom is 0.303 e. The smallest absolute Gasteiger partial charge is 0.303 e. The second-order valence-electron chi connectivity index (χ2n) is 7.40. The van der Waals surface area contributed by atoms with Gasteiger partial charge in [-0.3, -0.25) is 19.4 Å². The third-order valence-corrected chi connectivity index (χ3v) is 5.95. The highest BCUT2D eigenvalue weighted by molar-refractivity contribution is 6.54. The molecule has 3 rings (SSSR count). The number of alkyl halides is 2. The molecule has 0 saturated carbocycles. The van der Waals surface area contributed by atoms with Crippen molar-refractivity contribution in [3.63, 3.8) is 0 Å². The number of carboxylic acids is 1. The van der Waals surface area contributed by atoms with Gasteiger partial charge in [-0.2, -0.15) is 0 Å². The van der Waals surface area contributed by atoms with E-state index in [1.165, 1.54) is 11.1 Å². The number of pyridine rings is 1. The molecule has 0 aliphatic heterocycles. The molecule has 35 heavy (non-hydrogen) atoms. The van der Waals surface area contributed by atoms with Gasteiger partial charge in [0.1, 0.15) is 17.2 Å². The zero-order valence-electron chi connectivity index (χ0n) is 18.1. The van der Waals surface area contributed by atoms with Crippen molar-refractivity contribution in [1.82, 2.24) is 10.1 Å². The molecule has 12 heteroatoms. The summed E-state index contributed by atoms with van der Waals surface area (Å²) < 4.78 is 5.43. The average molecular weight is 559 g/mol. The van der Waals surface area contributed by atoms with Gasteiger partial charge in [0.2, 0.25) is 0 Å². The summed E-state index contributed by atoms with van der Waals surface area (Å²) in [6.07, 6.45) is 1.67. The van der Waals surface area contributed by atoms with Crippen LogP contribution in [0.1, 0.15) is 25.7 Å². The van der Waals surface area contributed by atoms with Crippen LogP contribution in [0.4, 0.5) is 5.69 Å². The van der Waals surface area contributed by atoms with Gasteiger partial charge in [0.25, 0.3) is 5.91 Å². The number of aromatic nitrogens is 2. The minimum Gasteiger partial charge on any atom is -0.481 e. The quantitative estimate of drug-likeness (QED) is 0.284. The number of rotatable bonds is 11. The maximum absolute atomic E-state index is 12.7. The average Bonchev–Trinajstić information content (AvgIpc) is 3.28. The summed E-state index contributed by atoms with van der Waals surface area (Å²) in [5.41, 5.74) is 1.66. The zero-order valence-corrected chi connectivity index (χ0v) is 21.1. The van der Waals surface area contributed by atoms with Crippen LogP contribution in [0, 0.1) is 0 Å². The van der Waals surface area contributed by atoms with Crippen molar-refractivity contribution in [2.75, 3.05) is 11.4 Å². The standard InChI is InChI=1S/C23H19Cl4N3O5/c24-15-4-2-5-16(25)21(15)18-12-19(35-29-18)17-11-13(7-9-28-17)30(23(34)22(26)27)10-8-14(31)3-1-6-20(32)33/h2,4-5,7,9,11-12,22H,1,3,6,8,10H2,(H,32,33). The number of hydrogen-bond donors (Lipinski definition) is 1. The number of carboxylic acid groups (broad SMARTS) is 1. The third kappa shape index (κ3) is 7.18. The van der Waals surface area contributed by atoms with Crippen molar-refractivity contribution in [3.8, 4) is 22.7 Å². The summed E-state index contributed by atoms with van der Waals surface area (Å²) in [5.74, 6) is -1.48. The number of anilines is 1. The van der Waals surface area contributed by atoms with E-state index in [1.807, 2.05) is 0 Å². The van der Waals surface area contributed by atoms with Crippen molar-refractivity contribution in [3.05, 3.63) is 52.6 Å². The summed E-state index contributed by atoms with van der Waals surface area (Å²) in [4.78, 5) is 39.7. The lowest BCUT2D eigenvalue weighted by Gasteiger charge is -2.23. The Labute approximate surface area is 220 Å². The van der Waals surface area contributed by atoms with E-state index in [9.17, 15) is 14.4 Å². The van der Waals surface area contributed by atoms with Gasteiger partial charge < -0.3 is 14.5 Å². The lowest BCUT2D eigenvalue weighted by molar-refractivity contribution is -0.137. The number of aliphatic carboxylic acids is 1. The Balaban J connectivity index is 1.82. The first-order valence-corrected chi connectivity index (χ1v) is 12.0. The number of nitrogens with zero attached hydrogens (tertiary/aromatic N) is 3. The molecule has 1 N–H and O–H groups in total. The zero-order chi connectivity index (χ0) is 25.5. The number of Topliss-reactive ketones (excluding diaryl/α,β-unsaturated/α-hetero) is 1. The first-order chi connectivity index (χ1) is 16.7. The fourth-order valence-electron chi connectivity index (χ4n) is 3.26. The highest BCUT2D eigenvalue weighted by Gasteiger charge is 2.24. The Morgan fingerprint density at radius 2 is 1.71 bits per heavy atom. The van der Waals surface area contributed by atoms with Crippen molar-refractivity contribution >= 4 is 69.8 Å². The number of hydrogen-bond acceptors (Lipinski definition) is 6. The lowest BCUT2D eigenvalue weighted by atomic mass is 10.1. The second kappa shape index (κ2) is 12.4. The molecule has 184 valence electrons. The van der Waals surface area contributed by atoms with Gasteiger partial charge in [-0.1, -0.05) is 57.6 Å². The summed E-state index contributed by atoms with van der Waals surface area (Å²) >= 11 is 24.1. The highest BCUT2D eigenvalue weighted by Crippen LogP contribution is 2.36. The molecule has 0 radical (unpaired) electrons. The summed E-state index contributed by atoms with van der Waals surface area (Å²) in [7, 11) is 0. The Morgan fingerprint density at radius 1 is 1.00 bits per heavy atom. The van der Waals surface area contributed by atoms with Crippen molar-refractivity contribution in [1.29, 1.82) is 0 Å². The fourth-order valence-corrected chi connectivity index (χ4v) is 4.09. The van der Waals surface area contributed by atoms with Gasteiger partial charge in [-0.25, -0.2) is 0 Å². The van der Waals surface area contributed by atoms with Crippen LogP contribution in [-0.2, 0) is 14.4 Å². The van der Waals surface area contributed by atoms with Crippen LogP contribution in [0.5, 0.6) is 0 Å². The van der Waals surface area contributed by atoms with E-state index in [4.69, 9.17) is 56.0 Å². The molecular formula is C23H19Cl4N3O5. The molecule has 0 saturated heterocycles. The number of amides is 1. The van der Waals surface area contributed by atoms with Gasteiger partial charge in [-0.15, -0.1) is 0 Å². The number of ketones is 1. The topological polar surface area (TPSA) is 114 Å². The van der Waals surface area contributed by atoms with Crippen LogP contribution in [0.2, 0.25) is 10.0 Å². The minimum atomic E-state index is -1.35. The van der Waals surface area contributed by atoms with E-state index in [-0.39, 0.29) is 38.0 Å². The molecule has 2 heterocycles. The van der Waals surface area contributed by atoms with Crippen LogP contribution >= 0.6 is 46.4 Å². The highest BCUT2D eigenvalue weighted by atomic mass is 35.5.